The first kappa shape index (κ1) is 9.96. The van der Waals surface area contributed by atoms with Crippen LogP contribution in [0.2, 0.25) is 0 Å². The lowest BCUT2D eigenvalue weighted by Gasteiger charge is -2.24. The Balaban J connectivity index is 3.76. The van der Waals surface area contributed by atoms with Crippen molar-refractivity contribution in [3.05, 3.63) is 0 Å². The standard InChI is InChI=1S/C9H21N/c1-5-9(6-2)7(3)8(4)10/h7-9H,5-6,10H2,1-4H3. The van der Waals surface area contributed by atoms with Crippen LogP contribution in [0.5, 0.6) is 0 Å². The predicted molar refractivity (Wildman–Crippen MR) is 46.9 cm³/mol. The second-order valence-corrected chi connectivity index (χ2v) is 3.29. The lowest BCUT2D eigenvalue weighted by atomic mass is 9.85. The van der Waals surface area contributed by atoms with E-state index in [1.54, 1.807) is 0 Å². The molecular weight excluding hydrogens is 122 g/mol. The Hall–Kier alpha value is -0.0400. The fraction of sp³-hybridized carbons (Fsp3) is 1.00. The van der Waals surface area contributed by atoms with E-state index in [-0.39, 0.29) is 0 Å². The molecule has 0 heterocycles. The zero-order valence-electron chi connectivity index (χ0n) is 7.72. The largest absolute Gasteiger partial charge is 0.328 e. The number of rotatable bonds is 4. The van der Waals surface area contributed by atoms with Crippen LogP contribution in [0.3, 0.4) is 0 Å². The minimum Gasteiger partial charge on any atom is -0.328 e. The minimum atomic E-state index is 0.352. The van der Waals surface area contributed by atoms with Gasteiger partial charge in [-0.1, -0.05) is 33.6 Å². The highest BCUT2D eigenvalue weighted by atomic mass is 14.6. The molecule has 0 rings (SSSR count). The van der Waals surface area contributed by atoms with Crippen LogP contribution in [0.25, 0.3) is 0 Å². The number of hydrogen-bond acceptors (Lipinski definition) is 1. The molecule has 0 saturated carbocycles. The van der Waals surface area contributed by atoms with Crippen LogP contribution in [0.1, 0.15) is 40.5 Å². The van der Waals surface area contributed by atoms with Gasteiger partial charge in [0.1, 0.15) is 0 Å². The van der Waals surface area contributed by atoms with Gasteiger partial charge in [0.2, 0.25) is 0 Å². The SMILES string of the molecule is CCC(CC)C(C)C(C)N. The van der Waals surface area contributed by atoms with Gasteiger partial charge in [0.05, 0.1) is 0 Å². The van der Waals surface area contributed by atoms with E-state index in [1.165, 1.54) is 12.8 Å². The Morgan fingerprint density at radius 1 is 1.10 bits per heavy atom. The van der Waals surface area contributed by atoms with Gasteiger partial charge < -0.3 is 5.73 Å². The van der Waals surface area contributed by atoms with Crippen molar-refractivity contribution in [2.75, 3.05) is 0 Å². The summed E-state index contributed by atoms with van der Waals surface area (Å²) in [7, 11) is 0. The summed E-state index contributed by atoms with van der Waals surface area (Å²) in [4.78, 5) is 0. The van der Waals surface area contributed by atoms with Crippen molar-refractivity contribution in [1.82, 2.24) is 0 Å². The maximum Gasteiger partial charge on any atom is 0.00387 e. The van der Waals surface area contributed by atoms with Gasteiger partial charge >= 0.3 is 0 Å². The summed E-state index contributed by atoms with van der Waals surface area (Å²) in [6.07, 6.45) is 2.53. The molecule has 0 bridgehead atoms. The molecule has 0 amide bonds. The van der Waals surface area contributed by atoms with Crippen LogP contribution in [-0.2, 0) is 0 Å². The molecule has 0 aliphatic carbocycles. The molecule has 1 heteroatoms. The normalized spacial score (nSPS) is 17.4. The predicted octanol–water partition coefficient (Wildman–Crippen LogP) is 2.41. The van der Waals surface area contributed by atoms with Crippen molar-refractivity contribution in [1.29, 1.82) is 0 Å². The third-order valence-electron chi connectivity index (χ3n) is 2.62. The Bertz CT molecular complexity index is 74.8. The van der Waals surface area contributed by atoms with Crippen LogP contribution in [0.4, 0.5) is 0 Å². The van der Waals surface area contributed by atoms with E-state index < -0.39 is 0 Å². The minimum absolute atomic E-state index is 0.352. The second kappa shape index (κ2) is 4.73. The summed E-state index contributed by atoms with van der Waals surface area (Å²) in [5.41, 5.74) is 5.79. The molecule has 0 radical (unpaired) electrons. The van der Waals surface area contributed by atoms with Gasteiger partial charge in [-0.15, -0.1) is 0 Å². The quantitative estimate of drug-likeness (QED) is 0.642. The average molecular weight is 143 g/mol. The highest BCUT2D eigenvalue weighted by Crippen LogP contribution is 2.20. The lowest BCUT2D eigenvalue weighted by Crippen LogP contribution is -2.29. The maximum absolute atomic E-state index is 5.79. The van der Waals surface area contributed by atoms with Crippen LogP contribution < -0.4 is 5.73 Å². The second-order valence-electron chi connectivity index (χ2n) is 3.29. The van der Waals surface area contributed by atoms with Gasteiger partial charge in [-0.05, 0) is 18.8 Å². The zero-order valence-corrected chi connectivity index (χ0v) is 7.72. The van der Waals surface area contributed by atoms with Crippen LogP contribution in [0.15, 0.2) is 0 Å². The molecule has 2 N–H and O–H groups in total. The molecular formula is C9H21N. The molecule has 0 aromatic carbocycles. The summed E-state index contributed by atoms with van der Waals surface area (Å²) in [6, 6.07) is 0.352. The van der Waals surface area contributed by atoms with Gasteiger partial charge in [0, 0.05) is 6.04 Å². The Kier molecular flexibility index (Phi) is 4.71. The van der Waals surface area contributed by atoms with Gasteiger partial charge in [0.15, 0.2) is 0 Å². The summed E-state index contributed by atoms with van der Waals surface area (Å²) in [6.45, 7) is 8.84. The van der Waals surface area contributed by atoms with E-state index in [4.69, 9.17) is 5.73 Å². The van der Waals surface area contributed by atoms with Crippen LogP contribution >= 0.6 is 0 Å². The van der Waals surface area contributed by atoms with Gasteiger partial charge in [-0.25, -0.2) is 0 Å². The third kappa shape index (κ3) is 2.70. The Morgan fingerprint density at radius 3 is 1.60 bits per heavy atom. The first-order valence-electron chi connectivity index (χ1n) is 4.39. The smallest absolute Gasteiger partial charge is 0.00387 e. The highest BCUT2D eigenvalue weighted by molar-refractivity contribution is 4.70. The fourth-order valence-corrected chi connectivity index (χ4v) is 1.46. The molecule has 2 atom stereocenters. The molecule has 1 nitrogen and oxygen atoms in total. The average Bonchev–Trinajstić information content (AvgIpc) is 1.90. The Morgan fingerprint density at radius 2 is 1.50 bits per heavy atom. The van der Waals surface area contributed by atoms with E-state index in [0.717, 1.165) is 5.92 Å². The summed E-state index contributed by atoms with van der Waals surface area (Å²) < 4.78 is 0. The van der Waals surface area contributed by atoms with Gasteiger partial charge in [-0.2, -0.15) is 0 Å². The molecule has 0 aliphatic rings. The van der Waals surface area contributed by atoms with E-state index >= 15 is 0 Å². The van der Waals surface area contributed by atoms with Crippen molar-refractivity contribution >= 4 is 0 Å². The first-order chi connectivity index (χ1) is 4.63. The number of nitrogens with two attached hydrogens (primary N) is 1. The summed E-state index contributed by atoms with van der Waals surface area (Å²) in [5.74, 6) is 1.50. The van der Waals surface area contributed by atoms with Crippen LogP contribution in [-0.4, -0.2) is 6.04 Å². The molecule has 2 unspecified atom stereocenters. The molecule has 62 valence electrons. The van der Waals surface area contributed by atoms with Gasteiger partial charge in [-0.3, -0.25) is 0 Å². The molecule has 0 aromatic heterocycles. The van der Waals surface area contributed by atoms with E-state index in [0.29, 0.717) is 12.0 Å². The van der Waals surface area contributed by atoms with Crippen molar-refractivity contribution in [3.8, 4) is 0 Å². The molecule has 0 aliphatic heterocycles. The topological polar surface area (TPSA) is 26.0 Å². The van der Waals surface area contributed by atoms with Crippen molar-refractivity contribution in [2.45, 2.75) is 46.6 Å². The summed E-state index contributed by atoms with van der Waals surface area (Å²) in [5, 5.41) is 0. The monoisotopic (exact) mass is 143 g/mol. The fourth-order valence-electron chi connectivity index (χ4n) is 1.46. The molecule has 0 aromatic rings. The zero-order chi connectivity index (χ0) is 8.15. The maximum atomic E-state index is 5.79. The van der Waals surface area contributed by atoms with Crippen LogP contribution in [0, 0.1) is 11.8 Å². The van der Waals surface area contributed by atoms with Gasteiger partial charge in [0.25, 0.3) is 0 Å². The molecule has 10 heavy (non-hydrogen) atoms. The third-order valence-corrected chi connectivity index (χ3v) is 2.62. The van der Waals surface area contributed by atoms with E-state index in [1.807, 2.05) is 0 Å². The number of hydrogen-bond donors (Lipinski definition) is 1. The molecule has 0 fully saturated rings. The summed E-state index contributed by atoms with van der Waals surface area (Å²) >= 11 is 0. The van der Waals surface area contributed by atoms with Crippen molar-refractivity contribution < 1.29 is 0 Å². The highest BCUT2D eigenvalue weighted by Gasteiger charge is 2.16. The van der Waals surface area contributed by atoms with E-state index in [9.17, 15) is 0 Å². The molecule has 0 saturated heterocycles. The first-order valence-corrected chi connectivity index (χ1v) is 4.39. The Labute approximate surface area is 65.0 Å². The van der Waals surface area contributed by atoms with Crippen molar-refractivity contribution in [3.63, 3.8) is 0 Å². The van der Waals surface area contributed by atoms with Crippen molar-refractivity contribution in [2.24, 2.45) is 17.6 Å². The molecule has 0 spiro atoms. The lowest BCUT2D eigenvalue weighted by molar-refractivity contribution is 0.298. The van der Waals surface area contributed by atoms with E-state index in [2.05, 4.69) is 27.7 Å².